The molecule has 9 heteroatoms. The fraction of sp³-hybridized carbons (Fsp3) is 0.263. The summed E-state index contributed by atoms with van der Waals surface area (Å²) in [5.74, 6) is 0.0292. The van der Waals surface area contributed by atoms with Crippen LogP contribution in [0.3, 0.4) is 0 Å². The van der Waals surface area contributed by atoms with Crippen molar-refractivity contribution >= 4 is 48.1 Å². The van der Waals surface area contributed by atoms with Crippen molar-refractivity contribution in [2.24, 2.45) is 5.92 Å². The highest BCUT2D eigenvalue weighted by Crippen LogP contribution is 2.32. The highest BCUT2D eigenvalue weighted by molar-refractivity contribution is 9.10. The molecule has 0 spiro atoms. The summed E-state index contributed by atoms with van der Waals surface area (Å²) in [6, 6.07) is 8.87. The number of benzene rings is 1. The number of sulfone groups is 1. The lowest BCUT2D eigenvalue weighted by Gasteiger charge is -2.15. The molecule has 0 aliphatic heterocycles. The molecule has 1 unspecified atom stereocenters. The molecule has 0 saturated heterocycles. The van der Waals surface area contributed by atoms with E-state index in [9.17, 15) is 13.2 Å². The van der Waals surface area contributed by atoms with Gasteiger partial charge in [0.1, 0.15) is 0 Å². The number of carbonyl (C=O) groups is 1. The summed E-state index contributed by atoms with van der Waals surface area (Å²) >= 11 is 4.74. The van der Waals surface area contributed by atoms with Crippen molar-refractivity contribution in [3.63, 3.8) is 0 Å². The van der Waals surface area contributed by atoms with Crippen LogP contribution in [0.5, 0.6) is 0 Å². The van der Waals surface area contributed by atoms with E-state index in [-0.39, 0.29) is 15.7 Å². The topological polar surface area (TPSA) is 89.3 Å². The number of hydrogen-bond acceptors (Lipinski definition) is 6. The number of aromatic nitrogens is 1. The van der Waals surface area contributed by atoms with E-state index in [4.69, 9.17) is 4.42 Å². The molecule has 1 aliphatic carbocycles. The number of carbonyl (C=O) groups excluding carboxylic acids is 1. The van der Waals surface area contributed by atoms with Gasteiger partial charge in [-0.05, 0) is 61.6 Å². The number of halogens is 1. The molecule has 0 radical (unpaired) electrons. The number of aryl methyl sites for hydroxylation is 1. The molecule has 4 rings (SSSR count). The van der Waals surface area contributed by atoms with Gasteiger partial charge in [-0.25, -0.2) is 13.4 Å². The zero-order valence-corrected chi connectivity index (χ0v) is 18.2. The number of thiazole rings is 1. The number of hydrogen-bond donors (Lipinski definition) is 1. The van der Waals surface area contributed by atoms with Gasteiger partial charge >= 0.3 is 0 Å². The van der Waals surface area contributed by atoms with E-state index in [1.165, 1.54) is 40.5 Å². The van der Waals surface area contributed by atoms with Crippen molar-refractivity contribution in [2.75, 3.05) is 5.32 Å². The van der Waals surface area contributed by atoms with Crippen LogP contribution in [0.25, 0.3) is 0 Å². The number of furan rings is 1. The van der Waals surface area contributed by atoms with Gasteiger partial charge in [0.25, 0.3) is 5.91 Å². The van der Waals surface area contributed by atoms with Crippen LogP contribution in [0, 0.1) is 5.92 Å². The zero-order valence-electron chi connectivity index (χ0n) is 14.9. The Balaban J connectivity index is 1.52. The summed E-state index contributed by atoms with van der Waals surface area (Å²) in [6.07, 6.45) is 2.98. The van der Waals surface area contributed by atoms with Gasteiger partial charge in [-0.1, -0.05) is 22.9 Å². The van der Waals surface area contributed by atoms with Crippen LogP contribution in [-0.2, 0) is 22.7 Å². The maximum atomic E-state index is 12.7. The van der Waals surface area contributed by atoms with Crippen LogP contribution < -0.4 is 5.32 Å². The van der Waals surface area contributed by atoms with Gasteiger partial charge in [0.05, 0.1) is 10.6 Å². The van der Waals surface area contributed by atoms with E-state index < -0.39 is 15.7 Å². The van der Waals surface area contributed by atoms with E-state index in [1.807, 2.05) is 0 Å². The highest BCUT2D eigenvalue weighted by atomic mass is 79.9. The van der Waals surface area contributed by atoms with Crippen molar-refractivity contribution in [3.8, 4) is 0 Å². The first-order chi connectivity index (χ1) is 13.3. The predicted molar refractivity (Wildman–Crippen MR) is 110 cm³/mol. The van der Waals surface area contributed by atoms with E-state index in [0.717, 1.165) is 29.4 Å². The Morgan fingerprint density at radius 3 is 2.75 bits per heavy atom. The molecule has 3 aromatic rings. The second-order valence-electron chi connectivity index (χ2n) is 6.77. The lowest BCUT2D eigenvalue weighted by atomic mass is 9.93. The molecule has 1 aromatic carbocycles. The minimum absolute atomic E-state index is 0.0720. The number of rotatable bonds is 4. The standard InChI is InChI=1S/C19H17BrN2O4S2/c1-11-2-7-14-16(10-11)27-19(21-14)22-18(23)15-8-9-17(26-15)28(24,25)13-5-3-12(20)4-6-13/h3-6,8-9,11H,2,7,10H2,1H3,(H,21,22,23). The van der Waals surface area contributed by atoms with Crippen molar-refractivity contribution in [1.29, 1.82) is 0 Å². The Morgan fingerprint density at radius 2 is 2.00 bits per heavy atom. The average molecular weight is 481 g/mol. The molecule has 28 heavy (non-hydrogen) atoms. The average Bonchev–Trinajstić information content (AvgIpc) is 3.28. The van der Waals surface area contributed by atoms with Gasteiger partial charge in [0.15, 0.2) is 10.9 Å². The van der Waals surface area contributed by atoms with Crippen LogP contribution in [0.4, 0.5) is 5.13 Å². The van der Waals surface area contributed by atoms with Crippen molar-refractivity contribution < 1.29 is 17.6 Å². The van der Waals surface area contributed by atoms with Gasteiger partial charge in [-0.2, -0.15) is 0 Å². The van der Waals surface area contributed by atoms with Gasteiger partial charge < -0.3 is 4.42 Å². The fourth-order valence-corrected chi connectivity index (χ4v) is 5.67. The first-order valence-electron chi connectivity index (χ1n) is 8.73. The van der Waals surface area contributed by atoms with Crippen molar-refractivity contribution in [2.45, 2.75) is 36.2 Å². The minimum atomic E-state index is -3.83. The van der Waals surface area contributed by atoms with Crippen LogP contribution in [0.2, 0.25) is 0 Å². The van der Waals surface area contributed by atoms with Crippen LogP contribution in [0.15, 0.2) is 55.3 Å². The van der Waals surface area contributed by atoms with Crippen LogP contribution in [0.1, 0.15) is 34.5 Å². The van der Waals surface area contributed by atoms with Gasteiger partial charge in [0.2, 0.25) is 14.9 Å². The highest BCUT2D eigenvalue weighted by Gasteiger charge is 2.25. The maximum absolute atomic E-state index is 12.7. The fourth-order valence-electron chi connectivity index (χ4n) is 3.07. The smallest absolute Gasteiger partial charge is 0.293 e. The molecule has 6 nitrogen and oxygen atoms in total. The molecule has 1 atom stereocenters. The Kier molecular flexibility index (Phi) is 5.15. The summed E-state index contributed by atoms with van der Waals surface area (Å²) in [6.45, 7) is 2.21. The van der Waals surface area contributed by atoms with E-state index >= 15 is 0 Å². The summed E-state index contributed by atoms with van der Waals surface area (Å²) in [4.78, 5) is 18.3. The molecule has 2 aromatic heterocycles. The summed E-state index contributed by atoms with van der Waals surface area (Å²) in [5, 5.41) is 2.96. The van der Waals surface area contributed by atoms with Crippen LogP contribution >= 0.6 is 27.3 Å². The second-order valence-corrected chi connectivity index (χ2v) is 10.6. The minimum Gasteiger partial charge on any atom is -0.439 e. The van der Waals surface area contributed by atoms with E-state index in [2.05, 4.69) is 33.2 Å². The van der Waals surface area contributed by atoms with Gasteiger partial charge in [0, 0.05) is 9.35 Å². The maximum Gasteiger partial charge on any atom is 0.293 e. The number of amides is 1. The lowest BCUT2D eigenvalue weighted by Crippen LogP contribution is -2.11. The summed E-state index contributed by atoms with van der Waals surface area (Å²) in [5.41, 5.74) is 1.04. The first-order valence-corrected chi connectivity index (χ1v) is 11.8. The van der Waals surface area contributed by atoms with Gasteiger partial charge in [-0.15, -0.1) is 11.3 Å². The number of fused-ring (bicyclic) bond motifs is 1. The Hall–Kier alpha value is -1.97. The third-order valence-corrected chi connectivity index (χ3v) is 7.81. The Morgan fingerprint density at radius 1 is 1.25 bits per heavy atom. The SMILES string of the molecule is CC1CCc2nc(NC(=O)c3ccc(S(=O)(=O)c4ccc(Br)cc4)o3)sc2C1. The number of nitrogens with zero attached hydrogens (tertiary/aromatic N) is 1. The third kappa shape index (κ3) is 3.78. The molecule has 0 bridgehead atoms. The molecule has 1 aliphatic rings. The molecule has 1 N–H and O–H groups in total. The molecule has 0 fully saturated rings. The van der Waals surface area contributed by atoms with Crippen molar-refractivity contribution in [3.05, 3.63) is 57.2 Å². The molecule has 2 heterocycles. The predicted octanol–water partition coefficient (Wildman–Crippen LogP) is 4.71. The Labute approximate surface area is 175 Å². The third-order valence-electron chi connectivity index (χ3n) is 4.60. The number of anilines is 1. The molecule has 0 saturated carbocycles. The normalized spacial score (nSPS) is 16.6. The van der Waals surface area contributed by atoms with Crippen LogP contribution in [-0.4, -0.2) is 19.3 Å². The summed E-state index contributed by atoms with van der Waals surface area (Å²) in [7, 11) is -3.83. The summed E-state index contributed by atoms with van der Waals surface area (Å²) < 4.78 is 31.4. The second kappa shape index (κ2) is 7.46. The molecular formula is C19H17BrN2O4S2. The molecule has 146 valence electrons. The van der Waals surface area contributed by atoms with Crippen molar-refractivity contribution in [1.82, 2.24) is 4.98 Å². The van der Waals surface area contributed by atoms with E-state index in [1.54, 1.807) is 12.1 Å². The largest absolute Gasteiger partial charge is 0.439 e. The Bertz CT molecular complexity index is 1130. The molecule has 1 amide bonds. The lowest BCUT2D eigenvalue weighted by molar-refractivity contribution is 0.0991. The monoisotopic (exact) mass is 480 g/mol. The first kappa shape index (κ1) is 19.4. The quantitative estimate of drug-likeness (QED) is 0.583. The molecular weight excluding hydrogens is 464 g/mol. The van der Waals surface area contributed by atoms with E-state index in [0.29, 0.717) is 11.0 Å². The van der Waals surface area contributed by atoms with Gasteiger partial charge in [-0.3, -0.25) is 10.1 Å². The zero-order chi connectivity index (χ0) is 19.9. The number of nitrogens with one attached hydrogen (secondary N) is 1.